The molecule has 0 saturated carbocycles. The van der Waals surface area contributed by atoms with Crippen LogP contribution < -0.4 is 86.3 Å². The first-order valence-electron chi connectivity index (χ1n) is 35.4. The van der Waals surface area contributed by atoms with Crippen LogP contribution in [0.1, 0.15) is 113 Å². The lowest BCUT2D eigenvalue weighted by atomic mass is 10.0. The topological polar surface area (TPSA) is 726 Å². The average Bonchev–Trinajstić information content (AvgIpc) is 1.63. The molecule has 18 atom stereocenters. The zero-order chi connectivity index (χ0) is 83.3. The summed E-state index contributed by atoms with van der Waals surface area (Å²) in [4.78, 5) is 246. The number of nitrogens with two attached hydrogens (primary N) is 3. The molecule has 3 rings (SSSR count). The van der Waals surface area contributed by atoms with Gasteiger partial charge in [0.1, 0.15) is 90.6 Å². The van der Waals surface area contributed by atoms with Gasteiger partial charge >= 0.3 is 11.9 Å². The fourth-order valence-electron chi connectivity index (χ4n) is 11.7. The number of carboxylic acids is 2. The highest BCUT2D eigenvalue weighted by Crippen LogP contribution is 2.23. The van der Waals surface area contributed by atoms with Crippen LogP contribution in [0.15, 0.2) is 4.99 Å². The summed E-state index contributed by atoms with van der Waals surface area (Å²) < 4.78 is 0. The molecule has 0 aromatic rings. The second-order valence-corrected chi connectivity index (χ2v) is 27.0. The minimum Gasteiger partial charge on any atom is -0.481 e. The number of carbonyl (C=O) groups excluding carboxylic acids is 16. The maximum absolute atomic E-state index is 14.6. The molecule has 0 bridgehead atoms. The minimum atomic E-state index is -2.03. The van der Waals surface area contributed by atoms with Crippen LogP contribution in [-0.4, -0.2) is 336 Å². The zero-order valence-corrected chi connectivity index (χ0v) is 62.1. The molecule has 0 aromatic heterocycles. The van der Waals surface area contributed by atoms with E-state index in [0.717, 1.165) is 42.4 Å². The minimum absolute atomic E-state index is 0.00684. The van der Waals surface area contributed by atoms with Gasteiger partial charge in [-0.15, -0.1) is 0 Å². The maximum Gasteiger partial charge on any atom is 0.325 e. The number of rotatable bonds is 43. The Kier molecular flexibility index (Phi) is 38.1. The Balaban J connectivity index is 1.71. The van der Waals surface area contributed by atoms with Crippen molar-refractivity contribution in [3.8, 4) is 0 Å². The summed E-state index contributed by atoms with van der Waals surface area (Å²) >= 11 is 0. The summed E-state index contributed by atoms with van der Waals surface area (Å²) in [7, 11) is 0. The first-order valence-corrected chi connectivity index (χ1v) is 35.4. The van der Waals surface area contributed by atoms with E-state index in [2.05, 4.69) is 74.1 Å². The Morgan fingerprint density at radius 2 is 0.809 bits per heavy atom. The van der Waals surface area contributed by atoms with Gasteiger partial charge in [-0.1, -0.05) is 13.8 Å². The van der Waals surface area contributed by atoms with Gasteiger partial charge < -0.3 is 142 Å². The first kappa shape index (κ1) is 93.7. The number of likely N-dealkylation sites (tertiary alicyclic amines) is 3. The van der Waals surface area contributed by atoms with Crippen molar-refractivity contribution in [3.63, 3.8) is 0 Å². The molecule has 3 fully saturated rings. The number of guanidine groups is 1. The van der Waals surface area contributed by atoms with E-state index in [1.807, 2.05) is 0 Å². The normalized spacial score (nSPS) is 19.4. The summed E-state index contributed by atoms with van der Waals surface area (Å²) in [6, 6.07) is -23.6. The van der Waals surface area contributed by atoms with E-state index in [0.29, 0.717) is 6.42 Å². The van der Waals surface area contributed by atoms with Crippen molar-refractivity contribution in [2.75, 3.05) is 59.1 Å². The third-order valence-electron chi connectivity index (χ3n) is 17.8. The number of aliphatic imine (C=N–C) groups is 1. The predicted octanol–water partition coefficient (Wildman–Crippen LogP) is -13.7. The summed E-state index contributed by atoms with van der Waals surface area (Å²) in [5.41, 5.74) is 16.4. The van der Waals surface area contributed by atoms with Crippen LogP contribution >= 0.6 is 0 Å². The Bertz CT molecular complexity index is 3360. The van der Waals surface area contributed by atoms with Crippen LogP contribution in [-0.2, 0) is 86.3 Å². The molecule has 0 aliphatic carbocycles. The summed E-state index contributed by atoms with van der Waals surface area (Å²) in [5.74, 6) is -20.4. The van der Waals surface area contributed by atoms with Crippen molar-refractivity contribution >= 4 is 112 Å². The lowest BCUT2D eigenvalue weighted by molar-refractivity contribution is -0.145. The van der Waals surface area contributed by atoms with Gasteiger partial charge in [0.25, 0.3) is 0 Å². The smallest absolute Gasteiger partial charge is 0.325 e. The Labute approximate surface area is 630 Å². The number of carboxylic acid groups (broad SMARTS) is 2. The van der Waals surface area contributed by atoms with Crippen molar-refractivity contribution in [3.05, 3.63) is 0 Å². The molecular weight excluding hydrogens is 1460 g/mol. The van der Waals surface area contributed by atoms with Crippen LogP contribution in [0.4, 0.5) is 0 Å². The van der Waals surface area contributed by atoms with Crippen molar-refractivity contribution in [2.45, 2.75) is 222 Å². The molecule has 618 valence electrons. The van der Waals surface area contributed by atoms with Gasteiger partial charge in [0.05, 0.1) is 57.6 Å². The maximum atomic E-state index is 14.6. The van der Waals surface area contributed by atoms with E-state index < -0.39 is 261 Å². The molecule has 0 unspecified atom stereocenters. The molecule has 0 spiro atoms. The molecule has 3 aliphatic rings. The number of carbonyl (C=O) groups is 18. The lowest BCUT2D eigenvalue weighted by Crippen LogP contribution is -2.62. The van der Waals surface area contributed by atoms with Crippen LogP contribution in [0.25, 0.3) is 0 Å². The molecular formula is C64H106N20O26. The highest BCUT2D eigenvalue weighted by Gasteiger charge is 2.45. The Hall–Kier alpha value is -10.5. The second-order valence-electron chi connectivity index (χ2n) is 27.0. The van der Waals surface area contributed by atoms with E-state index in [-0.39, 0.29) is 77.1 Å². The van der Waals surface area contributed by atoms with E-state index in [1.165, 1.54) is 27.7 Å². The van der Waals surface area contributed by atoms with Gasteiger partial charge in [-0.2, -0.15) is 0 Å². The van der Waals surface area contributed by atoms with Crippen LogP contribution in [0.2, 0.25) is 0 Å². The fraction of sp³-hybridized carbons (Fsp3) is 0.703. The molecule has 46 nitrogen and oxygen atoms in total. The fourth-order valence-corrected chi connectivity index (χ4v) is 11.7. The van der Waals surface area contributed by atoms with E-state index in [9.17, 15) is 117 Å². The third kappa shape index (κ3) is 28.5. The zero-order valence-electron chi connectivity index (χ0n) is 62.1. The molecule has 3 saturated heterocycles. The van der Waals surface area contributed by atoms with E-state index in [1.54, 1.807) is 0 Å². The predicted molar refractivity (Wildman–Crippen MR) is 377 cm³/mol. The molecule has 110 heavy (non-hydrogen) atoms. The average molecular weight is 1570 g/mol. The number of aliphatic carboxylic acids is 2. The molecule has 3 aliphatic heterocycles. The van der Waals surface area contributed by atoms with Gasteiger partial charge in [0, 0.05) is 26.2 Å². The number of nitrogens with one attached hydrogen (secondary N) is 13. The number of nitrogens with zero attached hydrogens (tertiary/aromatic N) is 4. The largest absolute Gasteiger partial charge is 0.481 e. The molecule has 46 heteroatoms. The number of hydrogen-bond acceptors (Lipinski definition) is 26. The summed E-state index contributed by atoms with van der Waals surface area (Å²) in [5, 5.41) is 109. The highest BCUT2D eigenvalue weighted by molar-refractivity contribution is 6.01. The Morgan fingerprint density at radius 1 is 0.418 bits per heavy atom. The van der Waals surface area contributed by atoms with Gasteiger partial charge in [-0.05, 0) is 98.8 Å². The number of amides is 16. The summed E-state index contributed by atoms with van der Waals surface area (Å²) in [6.07, 6.45) is -5.74. The number of aliphatic hydroxyl groups is 6. The Morgan fingerprint density at radius 3 is 1.26 bits per heavy atom. The molecule has 0 aromatic carbocycles. The van der Waals surface area contributed by atoms with Gasteiger partial charge in [-0.3, -0.25) is 91.3 Å². The lowest BCUT2D eigenvalue weighted by Gasteiger charge is -2.32. The molecule has 16 amide bonds. The monoisotopic (exact) mass is 1570 g/mol. The second kappa shape index (κ2) is 44.8. The third-order valence-corrected chi connectivity index (χ3v) is 17.8. The van der Waals surface area contributed by atoms with E-state index >= 15 is 0 Å². The van der Waals surface area contributed by atoms with E-state index in [4.69, 9.17) is 27.4 Å². The van der Waals surface area contributed by atoms with Crippen molar-refractivity contribution < 1.29 is 127 Å². The quantitative estimate of drug-likeness (QED) is 0.0153. The van der Waals surface area contributed by atoms with Crippen molar-refractivity contribution in [2.24, 2.45) is 28.1 Å². The van der Waals surface area contributed by atoms with Gasteiger partial charge in [0.2, 0.25) is 94.5 Å². The van der Waals surface area contributed by atoms with Crippen molar-refractivity contribution in [1.82, 2.24) is 83.8 Å². The van der Waals surface area contributed by atoms with Gasteiger partial charge in [0.15, 0.2) is 5.96 Å². The standard InChI is InChI=1S/C64H106N20O26/c1-27(2)45(78-43(92)23-69-49(95)34(65)24-85)56(102)81-48(33(8)90)59(105)77-38(26-87)51(97)71-28(3)60(106)83-19-11-16-41(83)55(101)76-36(21-44(93)94)50(96)79-47(32(7)89)58(104)75-35(13-9-17-68-64(66)67)62(108)84-20-12-15-40(84)54(100)72-29(4)61(107)82-18-10-14-39(82)53(99)70-22-42(91)74-37(25-86)52(98)80-46(31(6)88)57(103)73-30(5)63(109)110/h27-41,45-48,85-90H,9-26,65H2,1-8H3,(H,69,95)(H,70,99)(H,71,97)(H,72,100)(H,73,103)(H,74,91)(H,75,104)(H,76,101)(H,77,105)(H,78,92)(H,79,96)(H,80,98)(H,81,102)(H,93,94)(H,109,110)(H4,66,67,68)/t28-,29-,30-,31+,32+,33+,34-,35-,36-,37-,38-,39-,40-,41-,45-,46-,47-,48-/m0/s1. The van der Waals surface area contributed by atoms with Crippen molar-refractivity contribution in [1.29, 1.82) is 0 Å². The van der Waals surface area contributed by atoms with Crippen LogP contribution in [0, 0.1) is 5.92 Å². The van der Waals surface area contributed by atoms with Crippen LogP contribution in [0.3, 0.4) is 0 Å². The number of hydrogen-bond donors (Lipinski definition) is 24. The highest BCUT2D eigenvalue weighted by atomic mass is 16.4. The molecule has 3 heterocycles. The number of aliphatic hydroxyl groups excluding tert-OH is 6. The molecule has 27 N–H and O–H groups in total. The first-order chi connectivity index (χ1) is 51.5. The van der Waals surface area contributed by atoms with Gasteiger partial charge in [-0.25, -0.2) is 0 Å². The SMILES string of the molecule is CC(C)[C@H](NC(=O)CNC(=O)[C@@H](N)CO)C(=O)N[C@H](C(=O)N[C@@H](CO)C(=O)N[C@@H](C)C(=O)N1CCC[C@H]1C(=O)N[C@@H](CC(=O)O)C(=O)N[C@H](C(=O)N[C@@H](CCCN=C(N)N)C(=O)N1CCC[C@H]1C(=O)N[C@@H](C)C(=O)N1CCC[C@H]1C(=O)NCC(=O)N[C@@H](CO)C(=O)N[C@H](C(=O)N[C@@H](C)C(=O)O)[C@@H](C)O)[C@@H](C)O)[C@@H](C)O. The molecule has 0 radical (unpaired) electrons. The van der Waals surface area contributed by atoms with Crippen LogP contribution in [0.5, 0.6) is 0 Å². The summed E-state index contributed by atoms with van der Waals surface area (Å²) in [6.45, 7) is 5.28.